The van der Waals surface area contributed by atoms with E-state index < -0.39 is 5.60 Å². The van der Waals surface area contributed by atoms with Crippen LogP contribution in [0, 0.1) is 0 Å². The van der Waals surface area contributed by atoms with Crippen LogP contribution in [-0.4, -0.2) is 22.8 Å². The van der Waals surface area contributed by atoms with Gasteiger partial charge in [-0.3, -0.25) is 0 Å². The van der Waals surface area contributed by atoms with Gasteiger partial charge in [0.15, 0.2) is 0 Å². The molecule has 0 aliphatic heterocycles. The molecule has 5 nitrogen and oxygen atoms in total. The van der Waals surface area contributed by atoms with Gasteiger partial charge in [-0.2, -0.15) is 4.98 Å². The quantitative estimate of drug-likeness (QED) is 0.793. The number of hydrogen-bond acceptors (Lipinski definition) is 5. The molecule has 0 aliphatic carbocycles. The molecular formula is C12H23N3O2. The van der Waals surface area contributed by atoms with E-state index in [1.165, 1.54) is 0 Å². The average molecular weight is 241 g/mol. The summed E-state index contributed by atoms with van der Waals surface area (Å²) in [4.78, 5) is 4.34. The molecule has 1 rings (SSSR count). The Labute approximate surface area is 103 Å². The van der Waals surface area contributed by atoms with Crippen molar-refractivity contribution in [3.63, 3.8) is 0 Å². The lowest BCUT2D eigenvalue weighted by atomic mass is 10.1. The molecule has 0 saturated heterocycles. The van der Waals surface area contributed by atoms with E-state index in [0.717, 1.165) is 6.42 Å². The highest BCUT2D eigenvalue weighted by atomic mass is 16.5. The predicted molar refractivity (Wildman–Crippen MR) is 65.5 cm³/mol. The largest absolute Gasteiger partial charge is 0.368 e. The van der Waals surface area contributed by atoms with E-state index in [4.69, 9.17) is 9.26 Å². The van der Waals surface area contributed by atoms with Crippen molar-refractivity contribution in [3.8, 4) is 0 Å². The van der Waals surface area contributed by atoms with Crippen LogP contribution in [0.25, 0.3) is 0 Å². The minimum atomic E-state index is -0.493. The lowest BCUT2D eigenvalue weighted by molar-refractivity contribution is -0.0221. The van der Waals surface area contributed by atoms with Gasteiger partial charge in [0, 0.05) is 12.6 Å². The monoisotopic (exact) mass is 241 g/mol. The summed E-state index contributed by atoms with van der Waals surface area (Å²) in [6.45, 7) is 11.3. The minimum absolute atomic E-state index is 0.449. The SMILES string of the molecule is CCOC(C)(C)c1noc(CNC(C)CC)n1. The summed E-state index contributed by atoms with van der Waals surface area (Å²) < 4.78 is 10.8. The molecule has 98 valence electrons. The number of hydrogen-bond donors (Lipinski definition) is 1. The second-order valence-electron chi connectivity index (χ2n) is 4.65. The van der Waals surface area contributed by atoms with Gasteiger partial charge < -0.3 is 14.6 Å². The molecule has 0 bridgehead atoms. The molecular weight excluding hydrogens is 218 g/mol. The van der Waals surface area contributed by atoms with E-state index in [0.29, 0.717) is 30.9 Å². The fourth-order valence-corrected chi connectivity index (χ4v) is 1.40. The van der Waals surface area contributed by atoms with Crippen molar-refractivity contribution in [3.05, 3.63) is 11.7 Å². The molecule has 1 unspecified atom stereocenters. The minimum Gasteiger partial charge on any atom is -0.368 e. The van der Waals surface area contributed by atoms with Crippen molar-refractivity contribution >= 4 is 0 Å². The fourth-order valence-electron chi connectivity index (χ4n) is 1.40. The first-order valence-electron chi connectivity index (χ1n) is 6.20. The lowest BCUT2D eigenvalue weighted by Gasteiger charge is -2.19. The summed E-state index contributed by atoms with van der Waals surface area (Å²) >= 11 is 0. The van der Waals surface area contributed by atoms with E-state index in [2.05, 4.69) is 29.3 Å². The molecule has 1 aromatic rings. The van der Waals surface area contributed by atoms with Gasteiger partial charge in [0.05, 0.1) is 6.54 Å². The van der Waals surface area contributed by atoms with Crippen LogP contribution < -0.4 is 5.32 Å². The topological polar surface area (TPSA) is 60.2 Å². The zero-order chi connectivity index (χ0) is 12.9. The number of rotatable bonds is 7. The van der Waals surface area contributed by atoms with Gasteiger partial charge in [0.25, 0.3) is 0 Å². The summed E-state index contributed by atoms with van der Waals surface area (Å²) in [5, 5.41) is 7.27. The zero-order valence-corrected chi connectivity index (χ0v) is 11.4. The summed E-state index contributed by atoms with van der Waals surface area (Å²) in [6, 6.07) is 0.449. The fraction of sp³-hybridized carbons (Fsp3) is 0.833. The first-order valence-corrected chi connectivity index (χ1v) is 6.20. The molecule has 0 radical (unpaired) electrons. The van der Waals surface area contributed by atoms with Crippen molar-refractivity contribution in [1.29, 1.82) is 0 Å². The van der Waals surface area contributed by atoms with Gasteiger partial charge in [-0.15, -0.1) is 0 Å². The molecule has 0 spiro atoms. The van der Waals surface area contributed by atoms with Crippen LogP contribution in [0.1, 0.15) is 52.8 Å². The average Bonchev–Trinajstić information content (AvgIpc) is 2.75. The lowest BCUT2D eigenvalue weighted by Crippen LogP contribution is -2.25. The highest BCUT2D eigenvalue weighted by molar-refractivity contribution is 4.97. The molecule has 0 amide bonds. The van der Waals surface area contributed by atoms with E-state index in [1.54, 1.807) is 0 Å². The maximum atomic E-state index is 5.57. The molecule has 1 N–H and O–H groups in total. The standard InChI is InChI=1S/C12H23N3O2/c1-6-9(3)13-8-10-14-11(15-17-10)12(4,5)16-7-2/h9,13H,6-8H2,1-5H3. The van der Waals surface area contributed by atoms with Crippen LogP contribution in [0.2, 0.25) is 0 Å². The highest BCUT2D eigenvalue weighted by Gasteiger charge is 2.27. The molecule has 0 saturated carbocycles. The Hall–Kier alpha value is -0.940. The third-order valence-electron chi connectivity index (χ3n) is 2.73. The first-order chi connectivity index (χ1) is 7.99. The van der Waals surface area contributed by atoms with Gasteiger partial charge in [-0.25, -0.2) is 0 Å². The van der Waals surface area contributed by atoms with Crippen LogP contribution in [0.3, 0.4) is 0 Å². The molecule has 0 fully saturated rings. The van der Waals surface area contributed by atoms with E-state index in [-0.39, 0.29) is 0 Å². The van der Waals surface area contributed by atoms with Crippen LogP contribution in [0.4, 0.5) is 0 Å². The maximum absolute atomic E-state index is 5.57. The van der Waals surface area contributed by atoms with E-state index in [1.807, 2.05) is 20.8 Å². The second kappa shape index (κ2) is 6.12. The Kier molecular flexibility index (Phi) is 5.08. The Balaban J connectivity index is 2.59. The second-order valence-corrected chi connectivity index (χ2v) is 4.65. The molecule has 1 heterocycles. The van der Waals surface area contributed by atoms with E-state index >= 15 is 0 Å². The van der Waals surface area contributed by atoms with Crippen LogP contribution >= 0.6 is 0 Å². The number of nitrogens with one attached hydrogen (secondary N) is 1. The van der Waals surface area contributed by atoms with E-state index in [9.17, 15) is 0 Å². The third kappa shape index (κ3) is 4.09. The maximum Gasteiger partial charge on any atom is 0.240 e. The number of ether oxygens (including phenoxy) is 1. The predicted octanol–water partition coefficient (Wildman–Crippen LogP) is 2.23. The van der Waals surface area contributed by atoms with Crippen molar-refractivity contribution in [2.24, 2.45) is 0 Å². The Morgan fingerprint density at radius 1 is 1.41 bits per heavy atom. The molecule has 5 heteroatoms. The van der Waals surface area contributed by atoms with Crippen LogP contribution in [0.15, 0.2) is 4.52 Å². The van der Waals surface area contributed by atoms with Crippen molar-refractivity contribution in [2.75, 3.05) is 6.61 Å². The van der Waals surface area contributed by atoms with Crippen LogP contribution in [0.5, 0.6) is 0 Å². The summed E-state index contributed by atoms with van der Waals surface area (Å²) in [5.74, 6) is 1.20. The summed E-state index contributed by atoms with van der Waals surface area (Å²) in [7, 11) is 0. The Morgan fingerprint density at radius 3 is 2.71 bits per heavy atom. The first kappa shape index (κ1) is 14.1. The van der Waals surface area contributed by atoms with Gasteiger partial charge in [0.1, 0.15) is 5.60 Å². The highest BCUT2D eigenvalue weighted by Crippen LogP contribution is 2.21. The van der Waals surface area contributed by atoms with Crippen LogP contribution in [-0.2, 0) is 16.9 Å². The van der Waals surface area contributed by atoms with Crippen molar-refractivity contribution in [2.45, 2.75) is 59.2 Å². The normalized spacial score (nSPS) is 13.9. The molecule has 17 heavy (non-hydrogen) atoms. The summed E-state index contributed by atoms with van der Waals surface area (Å²) in [5.41, 5.74) is -0.493. The Bertz CT molecular complexity index is 336. The van der Waals surface area contributed by atoms with Crippen molar-refractivity contribution in [1.82, 2.24) is 15.5 Å². The molecule has 0 aliphatic rings. The third-order valence-corrected chi connectivity index (χ3v) is 2.73. The molecule has 1 atom stereocenters. The molecule has 1 aromatic heterocycles. The molecule has 0 aromatic carbocycles. The van der Waals surface area contributed by atoms with Gasteiger partial charge >= 0.3 is 0 Å². The van der Waals surface area contributed by atoms with Crippen molar-refractivity contribution < 1.29 is 9.26 Å². The van der Waals surface area contributed by atoms with Gasteiger partial charge in [0.2, 0.25) is 11.7 Å². The van der Waals surface area contributed by atoms with Gasteiger partial charge in [-0.05, 0) is 34.1 Å². The number of nitrogens with zero attached hydrogens (tertiary/aromatic N) is 2. The summed E-state index contributed by atoms with van der Waals surface area (Å²) in [6.07, 6.45) is 1.07. The Morgan fingerprint density at radius 2 is 2.12 bits per heavy atom. The number of aromatic nitrogens is 2. The zero-order valence-electron chi connectivity index (χ0n) is 11.4. The van der Waals surface area contributed by atoms with Gasteiger partial charge in [-0.1, -0.05) is 12.1 Å². The smallest absolute Gasteiger partial charge is 0.240 e.